The van der Waals surface area contributed by atoms with E-state index in [-0.39, 0.29) is 49.9 Å². The first-order valence-electron chi connectivity index (χ1n) is 16.7. The molecule has 6 heteroatoms. The van der Waals surface area contributed by atoms with E-state index < -0.39 is 0 Å². The normalized spacial score (nSPS) is 12.1. The van der Waals surface area contributed by atoms with Crippen LogP contribution in [0.1, 0.15) is 105 Å². The van der Waals surface area contributed by atoms with Gasteiger partial charge < -0.3 is 10.2 Å². The van der Waals surface area contributed by atoms with Crippen LogP contribution in [0.5, 0.6) is 11.5 Å². The molecule has 49 heavy (non-hydrogen) atoms. The van der Waals surface area contributed by atoms with E-state index >= 15 is 0 Å². The number of hydrogen-bond donors (Lipinski definition) is 0. The Labute approximate surface area is 304 Å². The molecule has 3 aromatic heterocycles. The second-order valence-corrected chi connectivity index (χ2v) is 16.6. The van der Waals surface area contributed by atoms with E-state index in [4.69, 9.17) is 9.97 Å². The zero-order chi connectivity index (χ0) is 35.7. The zero-order valence-corrected chi connectivity index (χ0v) is 32.2. The van der Waals surface area contributed by atoms with Gasteiger partial charge in [0, 0.05) is 12.4 Å². The van der Waals surface area contributed by atoms with Crippen LogP contribution in [0.3, 0.4) is 0 Å². The number of benzene rings is 2. The summed E-state index contributed by atoms with van der Waals surface area (Å²) in [5.41, 5.74) is 6.67. The molecule has 0 aliphatic rings. The molecular weight excluding hydrogens is 649 g/mol. The minimum atomic E-state index is -0.301. The molecule has 0 saturated carbocycles. The van der Waals surface area contributed by atoms with Crippen molar-refractivity contribution in [2.75, 3.05) is 0 Å². The van der Waals surface area contributed by atoms with Crippen molar-refractivity contribution in [3.63, 3.8) is 0 Å². The third-order valence-corrected chi connectivity index (χ3v) is 8.40. The van der Waals surface area contributed by atoms with E-state index in [1.807, 2.05) is 66.7 Å². The van der Waals surface area contributed by atoms with Crippen molar-refractivity contribution in [3.05, 3.63) is 114 Å². The molecule has 0 N–H and O–H groups in total. The Hall–Kier alpha value is -4.00. The third kappa shape index (κ3) is 9.58. The molecule has 0 atom stereocenters. The summed E-state index contributed by atoms with van der Waals surface area (Å²) in [7, 11) is 0. The smallest absolute Gasteiger partial charge is 0.872 e. The molecule has 0 saturated heterocycles. The third-order valence-electron chi connectivity index (χ3n) is 8.40. The Morgan fingerprint density at radius 2 is 0.776 bits per heavy atom. The molecule has 0 fully saturated rings. The number of pyridine rings is 3. The van der Waals surface area contributed by atoms with Crippen LogP contribution >= 0.6 is 0 Å². The molecule has 5 rings (SSSR count). The molecule has 0 spiro atoms. The molecule has 0 aliphatic heterocycles. The van der Waals surface area contributed by atoms with Crippen molar-refractivity contribution in [2.24, 2.45) is 0 Å². The molecule has 0 aliphatic carbocycles. The van der Waals surface area contributed by atoms with Gasteiger partial charge in [-0.1, -0.05) is 125 Å². The van der Waals surface area contributed by atoms with E-state index in [2.05, 4.69) is 100 Å². The van der Waals surface area contributed by atoms with Crippen molar-refractivity contribution < 1.29 is 27.0 Å². The standard InChI is InChI=1S/C38H48N2O2.C5H5N.Co/c1-35(2,3)23-19-25(33(41)27(21-23)37(7,8)9)29-15-13-17-31(39-29)32-18-14-16-30(40-32)26-20-24(36(4,5)6)22-28(34(26)42)38(10,11)12;1-2-4-6-5-3-1;/h13-22,41-42H,1-12H3;1-5H;/q;;+2/p-2. The fraction of sp³-hybridized carbons (Fsp3) is 0.372. The molecule has 0 amide bonds. The predicted molar refractivity (Wildman–Crippen MR) is 196 cm³/mol. The van der Waals surface area contributed by atoms with Crippen LogP contribution in [0.2, 0.25) is 0 Å². The largest absolute Gasteiger partial charge is 2.00 e. The van der Waals surface area contributed by atoms with Gasteiger partial charge in [0.1, 0.15) is 0 Å². The number of rotatable bonds is 3. The molecule has 259 valence electrons. The average Bonchev–Trinajstić information content (AvgIpc) is 3.00. The SMILES string of the molecule is CC(C)(C)c1cc(-c2cccc(-c3cccc(-c4cc(C(C)(C)C)cc(C(C)(C)C)c4[O-])n3)n2)c([O-])c(C(C)(C)C)c1.[Co+2].c1ccncc1. The maximum Gasteiger partial charge on any atom is 2.00 e. The second-order valence-electron chi connectivity index (χ2n) is 16.6. The Morgan fingerprint density at radius 3 is 1.04 bits per heavy atom. The first kappa shape index (κ1) is 39.4. The van der Waals surface area contributed by atoms with Crippen LogP contribution in [0.15, 0.2) is 91.3 Å². The van der Waals surface area contributed by atoms with E-state index in [9.17, 15) is 10.2 Å². The van der Waals surface area contributed by atoms with Gasteiger partial charge in [-0.3, -0.25) is 4.98 Å². The van der Waals surface area contributed by atoms with Gasteiger partial charge in [-0.25, -0.2) is 9.97 Å². The number of aromatic nitrogens is 3. The predicted octanol–water partition coefficient (Wildman–Crippen LogP) is 9.89. The van der Waals surface area contributed by atoms with Crippen molar-refractivity contribution in [2.45, 2.75) is 105 Å². The summed E-state index contributed by atoms with van der Waals surface area (Å²) in [5, 5.41) is 27.5. The Bertz CT molecular complexity index is 1720. The van der Waals surface area contributed by atoms with Gasteiger partial charge in [0.2, 0.25) is 0 Å². The van der Waals surface area contributed by atoms with E-state index in [0.29, 0.717) is 33.9 Å². The fourth-order valence-corrected chi connectivity index (χ4v) is 5.39. The molecule has 5 nitrogen and oxygen atoms in total. The van der Waals surface area contributed by atoms with Gasteiger partial charge in [-0.05, 0) is 104 Å². The van der Waals surface area contributed by atoms with Crippen LogP contribution in [0.4, 0.5) is 0 Å². The van der Waals surface area contributed by atoms with E-state index in [1.54, 1.807) is 12.4 Å². The summed E-state index contributed by atoms with van der Waals surface area (Å²) in [6.07, 6.45) is 3.50. The summed E-state index contributed by atoms with van der Waals surface area (Å²) in [6, 6.07) is 25.2. The monoisotopic (exact) mass is 700 g/mol. The summed E-state index contributed by atoms with van der Waals surface area (Å²) >= 11 is 0. The van der Waals surface area contributed by atoms with Crippen LogP contribution in [-0.4, -0.2) is 15.0 Å². The Balaban J connectivity index is 0.000000837. The van der Waals surface area contributed by atoms with Gasteiger partial charge in [-0.15, -0.1) is 0 Å². The van der Waals surface area contributed by atoms with Crippen LogP contribution in [-0.2, 0) is 38.4 Å². The zero-order valence-electron chi connectivity index (χ0n) is 31.2. The van der Waals surface area contributed by atoms with Crippen LogP contribution in [0, 0.1) is 0 Å². The number of hydrogen-bond acceptors (Lipinski definition) is 5. The topological polar surface area (TPSA) is 84.8 Å². The summed E-state index contributed by atoms with van der Waals surface area (Å²) < 4.78 is 0. The molecule has 2 aromatic carbocycles. The second kappa shape index (κ2) is 14.9. The first-order valence-corrected chi connectivity index (χ1v) is 16.7. The van der Waals surface area contributed by atoms with Crippen LogP contribution in [0.25, 0.3) is 33.9 Å². The van der Waals surface area contributed by atoms with Gasteiger partial charge in [-0.2, -0.15) is 0 Å². The van der Waals surface area contributed by atoms with Gasteiger partial charge in [0.25, 0.3) is 0 Å². The van der Waals surface area contributed by atoms with Gasteiger partial charge >= 0.3 is 16.8 Å². The van der Waals surface area contributed by atoms with Crippen molar-refractivity contribution in [1.82, 2.24) is 15.0 Å². The summed E-state index contributed by atoms with van der Waals surface area (Å²) in [4.78, 5) is 13.7. The van der Waals surface area contributed by atoms with Crippen molar-refractivity contribution in [1.29, 1.82) is 0 Å². The fourth-order valence-electron chi connectivity index (χ4n) is 5.39. The van der Waals surface area contributed by atoms with Crippen LogP contribution < -0.4 is 10.2 Å². The van der Waals surface area contributed by atoms with E-state index in [1.165, 1.54) is 0 Å². The minimum Gasteiger partial charge on any atom is -0.872 e. The van der Waals surface area contributed by atoms with Crippen molar-refractivity contribution >= 4 is 0 Å². The summed E-state index contributed by atoms with van der Waals surface area (Å²) in [6.45, 7) is 25.4. The quantitative estimate of drug-likeness (QED) is 0.187. The Morgan fingerprint density at radius 1 is 0.429 bits per heavy atom. The van der Waals surface area contributed by atoms with Crippen molar-refractivity contribution in [3.8, 4) is 45.4 Å². The molecule has 0 bridgehead atoms. The molecule has 5 aromatic rings. The number of nitrogens with zero attached hydrogens (tertiary/aromatic N) is 3. The molecular formula is C43H51CoN3O2. The minimum absolute atomic E-state index is 0. The van der Waals surface area contributed by atoms with E-state index in [0.717, 1.165) is 22.3 Å². The van der Waals surface area contributed by atoms with Gasteiger partial charge in [0.15, 0.2) is 0 Å². The average molecular weight is 701 g/mol. The first-order chi connectivity index (χ1) is 22.2. The Kier molecular flexibility index (Phi) is 12.0. The summed E-state index contributed by atoms with van der Waals surface area (Å²) in [5.74, 6) is 0.0122. The molecule has 1 radical (unpaired) electrons. The molecule has 0 unspecified atom stereocenters. The maximum atomic E-state index is 13.8. The molecule has 3 heterocycles. The maximum absolute atomic E-state index is 13.8. The van der Waals surface area contributed by atoms with Gasteiger partial charge in [0.05, 0.1) is 22.8 Å².